The van der Waals surface area contributed by atoms with Gasteiger partial charge in [-0.05, 0) is 48.5 Å². The van der Waals surface area contributed by atoms with Gasteiger partial charge in [0, 0.05) is 5.69 Å². The third kappa shape index (κ3) is 7.58. The van der Waals surface area contributed by atoms with Crippen LogP contribution in [-0.4, -0.2) is 41.1 Å². The molecule has 14 heteroatoms. The van der Waals surface area contributed by atoms with E-state index < -0.39 is 70.6 Å². The van der Waals surface area contributed by atoms with E-state index in [1.54, 1.807) is 6.07 Å². The van der Waals surface area contributed by atoms with Crippen molar-refractivity contribution in [3.8, 4) is 0 Å². The van der Waals surface area contributed by atoms with Gasteiger partial charge in [-0.2, -0.15) is 26.3 Å². The number of halogens is 6. The maximum atomic E-state index is 13.1. The van der Waals surface area contributed by atoms with Gasteiger partial charge in [0.2, 0.25) is 12.2 Å². The number of hydrogen-bond donors (Lipinski definition) is 2. The van der Waals surface area contributed by atoms with Crippen LogP contribution in [0.15, 0.2) is 78.9 Å². The molecule has 210 valence electrons. The summed E-state index contributed by atoms with van der Waals surface area (Å²) in [6.07, 6.45) is -14.8. The normalized spacial score (nSPS) is 13.1. The summed E-state index contributed by atoms with van der Waals surface area (Å²) in [7, 11) is 0. The quantitative estimate of drug-likeness (QED) is 0.283. The molecule has 0 bridgehead atoms. The van der Waals surface area contributed by atoms with E-state index >= 15 is 0 Å². The Bertz CT molecular complexity index is 1410. The van der Waals surface area contributed by atoms with Gasteiger partial charge in [-0.25, -0.2) is 14.4 Å². The molecule has 0 aromatic heterocycles. The molecule has 40 heavy (non-hydrogen) atoms. The van der Waals surface area contributed by atoms with E-state index in [2.05, 4.69) is 5.32 Å². The molecule has 0 saturated carbocycles. The van der Waals surface area contributed by atoms with Crippen LogP contribution >= 0.6 is 0 Å². The largest absolute Gasteiger partial charge is 0.478 e. The second kappa shape index (κ2) is 11.9. The summed E-state index contributed by atoms with van der Waals surface area (Å²) in [6.45, 7) is 0. The molecule has 0 aliphatic rings. The first kappa shape index (κ1) is 29.7. The Labute approximate surface area is 221 Å². The first-order valence-corrected chi connectivity index (χ1v) is 11.0. The van der Waals surface area contributed by atoms with E-state index in [1.165, 1.54) is 24.3 Å². The van der Waals surface area contributed by atoms with Gasteiger partial charge < -0.3 is 19.9 Å². The highest BCUT2D eigenvalue weighted by Gasteiger charge is 2.42. The van der Waals surface area contributed by atoms with E-state index in [0.717, 1.165) is 24.3 Å². The lowest BCUT2D eigenvalue weighted by molar-refractivity contribution is -0.157. The number of carbonyl (C=O) groups is 4. The predicted octanol–water partition coefficient (Wildman–Crippen LogP) is 5.20. The lowest BCUT2D eigenvalue weighted by atomic mass is 10.1. The molecule has 3 rings (SSSR count). The zero-order valence-electron chi connectivity index (χ0n) is 19.8. The summed E-state index contributed by atoms with van der Waals surface area (Å²) in [5.41, 5.74) is -3.91. The van der Waals surface area contributed by atoms with E-state index in [0.29, 0.717) is 24.3 Å². The van der Waals surface area contributed by atoms with Gasteiger partial charge in [0.05, 0.1) is 22.3 Å². The van der Waals surface area contributed by atoms with Crippen LogP contribution in [-0.2, 0) is 31.4 Å². The molecule has 0 unspecified atom stereocenters. The van der Waals surface area contributed by atoms with Crippen molar-refractivity contribution in [1.82, 2.24) is 0 Å². The summed E-state index contributed by atoms with van der Waals surface area (Å²) < 4.78 is 88.1. The smallest absolute Gasteiger partial charge is 0.416 e. The molecule has 0 aliphatic carbocycles. The van der Waals surface area contributed by atoms with Crippen molar-refractivity contribution >= 4 is 29.5 Å². The summed E-state index contributed by atoms with van der Waals surface area (Å²) in [5, 5.41) is 11.9. The van der Waals surface area contributed by atoms with Crippen LogP contribution < -0.4 is 5.32 Å². The van der Waals surface area contributed by atoms with Gasteiger partial charge in [-0.1, -0.05) is 30.3 Å². The van der Waals surface area contributed by atoms with Crippen molar-refractivity contribution in [2.24, 2.45) is 0 Å². The van der Waals surface area contributed by atoms with Crippen LogP contribution in [0.3, 0.4) is 0 Å². The fourth-order valence-electron chi connectivity index (χ4n) is 3.24. The van der Waals surface area contributed by atoms with Crippen LogP contribution in [0.5, 0.6) is 0 Å². The van der Waals surface area contributed by atoms with E-state index in [-0.39, 0.29) is 5.69 Å². The van der Waals surface area contributed by atoms with E-state index in [9.17, 15) is 50.6 Å². The molecule has 0 fully saturated rings. The maximum absolute atomic E-state index is 13.1. The van der Waals surface area contributed by atoms with Crippen LogP contribution in [0.1, 0.15) is 31.8 Å². The molecule has 2 atom stereocenters. The highest BCUT2D eigenvalue weighted by Crippen LogP contribution is 2.31. The first-order chi connectivity index (χ1) is 18.7. The Kier molecular flexibility index (Phi) is 8.82. The minimum Gasteiger partial charge on any atom is -0.478 e. The van der Waals surface area contributed by atoms with Gasteiger partial charge in [-0.15, -0.1) is 0 Å². The SMILES string of the molecule is O=C(O[C@H](C(=O)O)[C@@H](OC(=O)c1cccc(C(F)(F)F)c1)C(=O)Nc1ccccc1)c1cccc(C(F)(F)F)c1. The summed E-state index contributed by atoms with van der Waals surface area (Å²) in [4.78, 5) is 50.3. The molecule has 3 aromatic rings. The standard InChI is InChI=1S/C26H17F6NO7/c27-25(28,29)16-8-4-6-14(12-16)23(37)39-19(21(34)33-18-10-2-1-3-11-18)20(22(35)36)40-24(38)15-7-5-9-17(13-15)26(30,31)32/h1-13,19-20H,(H,33,34)(H,35,36)/t19-,20+/m1/s1. The van der Waals surface area contributed by atoms with E-state index in [1.807, 2.05) is 0 Å². The van der Waals surface area contributed by atoms with Crippen molar-refractivity contribution in [3.05, 3.63) is 101 Å². The van der Waals surface area contributed by atoms with Crippen LogP contribution in [0.2, 0.25) is 0 Å². The predicted molar refractivity (Wildman–Crippen MR) is 124 cm³/mol. The molecule has 0 radical (unpaired) electrons. The molecule has 0 spiro atoms. The Morgan fingerprint density at radius 2 is 1.10 bits per heavy atom. The fraction of sp³-hybridized carbons (Fsp3) is 0.154. The average Bonchev–Trinajstić information content (AvgIpc) is 2.90. The number of aliphatic carboxylic acids is 1. The monoisotopic (exact) mass is 569 g/mol. The summed E-state index contributed by atoms with van der Waals surface area (Å²) in [6, 6.07) is 12.8. The average molecular weight is 569 g/mol. The number of rotatable bonds is 8. The third-order valence-corrected chi connectivity index (χ3v) is 5.14. The van der Waals surface area contributed by atoms with Crippen molar-refractivity contribution in [1.29, 1.82) is 0 Å². The molecular formula is C26H17F6NO7. The highest BCUT2D eigenvalue weighted by molar-refractivity contribution is 6.01. The first-order valence-electron chi connectivity index (χ1n) is 11.0. The molecule has 1 amide bonds. The molecule has 3 aromatic carbocycles. The Hall–Kier alpha value is -4.88. The lowest BCUT2D eigenvalue weighted by Gasteiger charge is -2.24. The van der Waals surface area contributed by atoms with Gasteiger partial charge >= 0.3 is 30.3 Å². The third-order valence-electron chi connectivity index (χ3n) is 5.14. The number of carboxylic acid groups (broad SMARTS) is 1. The zero-order chi connectivity index (χ0) is 29.7. The minimum absolute atomic E-state index is 0.0703. The van der Waals surface area contributed by atoms with Gasteiger partial charge in [0.25, 0.3) is 5.91 Å². The molecule has 2 N–H and O–H groups in total. The van der Waals surface area contributed by atoms with Crippen LogP contribution in [0.25, 0.3) is 0 Å². The number of amides is 1. The number of alkyl halides is 6. The fourth-order valence-corrected chi connectivity index (χ4v) is 3.24. The second-order valence-corrected chi connectivity index (χ2v) is 8.00. The molecule has 0 aliphatic heterocycles. The number of benzene rings is 3. The highest BCUT2D eigenvalue weighted by atomic mass is 19.4. The van der Waals surface area contributed by atoms with Gasteiger partial charge in [-0.3, -0.25) is 4.79 Å². The molecule has 8 nitrogen and oxygen atoms in total. The molecule has 0 saturated heterocycles. The summed E-state index contributed by atoms with van der Waals surface area (Å²) >= 11 is 0. The number of hydrogen-bond acceptors (Lipinski definition) is 6. The number of para-hydroxylation sites is 1. The zero-order valence-corrected chi connectivity index (χ0v) is 19.8. The number of anilines is 1. The summed E-state index contributed by atoms with van der Waals surface area (Å²) in [5.74, 6) is -6.62. The molecule has 0 heterocycles. The van der Waals surface area contributed by atoms with Crippen molar-refractivity contribution in [3.63, 3.8) is 0 Å². The maximum Gasteiger partial charge on any atom is 0.416 e. The Balaban J connectivity index is 1.95. The Morgan fingerprint density at radius 1 is 0.650 bits per heavy atom. The number of carboxylic acids is 1. The minimum atomic E-state index is -4.86. The van der Waals surface area contributed by atoms with Gasteiger partial charge in [0.1, 0.15) is 0 Å². The van der Waals surface area contributed by atoms with Crippen LogP contribution in [0.4, 0.5) is 32.0 Å². The van der Waals surface area contributed by atoms with Crippen molar-refractivity contribution < 1.29 is 60.1 Å². The lowest BCUT2D eigenvalue weighted by Crippen LogP contribution is -2.48. The van der Waals surface area contributed by atoms with Crippen LogP contribution in [0, 0.1) is 0 Å². The van der Waals surface area contributed by atoms with E-state index in [4.69, 9.17) is 9.47 Å². The number of nitrogens with one attached hydrogen (secondary N) is 1. The number of esters is 2. The molecular weight excluding hydrogens is 552 g/mol. The topological polar surface area (TPSA) is 119 Å². The van der Waals surface area contributed by atoms with Crippen molar-refractivity contribution in [2.75, 3.05) is 5.32 Å². The Morgan fingerprint density at radius 3 is 1.52 bits per heavy atom. The van der Waals surface area contributed by atoms with Crippen molar-refractivity contribution in [2.45, 2.75) is 24.6 Å². The second-order valence-electron chi connectivity index (χ2n) is 8.00. The number of ether oxygens (including phenoxy) is 2. The van der Waals surface area contributed by atoms with Gasteiger partial charge in [0.15, 0.2) is 0 Å². The number of carbonyl (C=O) groups excluding carboxylic acids is 3.